The molecule has 1 saturated heterocycles. The van der Waals surface area contributed by atoms with Gasteiger partial charge in [0.2, 0.25) is 0 Å². The Morgan fingerprint density at radius 3 is 2.29 bits per heavy atom. The molecule has 184 valence electrons. The van der Waals surface area contributed by atoms with E-state index in [1.54, 1.807) is 0 Å². The molecule has 34 heavy (non-hydrogen) atoms. The number of nitrogens with zero attached hydrogens (tertiary/aromatic N) is 3. The standard InChI is InChI=1S/C27H39N3O2SSi/c1-5-25(31)22-11-12-27-24(21-22)30(23-9-6-7-10-26(23)33-27)14-8-13-28-15-17-29(18-16-28)19-20-32-34(2,3)4/h6-7,9-12,21H,5,8,13-20H2,1-4H3. The van der Waals surface area contributed by atoms with Crippen molar-refractivity contribution in [3.05, 3.63) is 48.0 Å². The number of anilines is 2. The van der Waals surface area contributed by atoms with Crippen LogP contribution in [-0.2, 0) is 4.43 Å². The number of fused-ring (bicyclic) bond motifs is 2. The summed E-state index contributed by atoms with van der Waals surface area (Å²) >= 11 is 1.81. The smallest absolute Gasteiger partial charge is 0.183 e. The van der Waals surface area contributed by atoms with Gasteiger partial charge in [-0.1, -0.05) is 36.9 Å². The zero-order valence-electron chi connectivity index (χ0n) is 21.2. The molecule has 0 unspecified atom stereocenters. The highest BCUT2D eigenvalue weighted by Gasteiger charge is 2.25. The molecule has 2 aromatic carbocycles. The van der Waals surface area contributed by atoms with Gasteiger partial charge in [-0.25, -0.2) is 0 Å². The van der Waals surface area contributed by atoms with Crippen molar-refractivity contribution in [3.63, 3.8) is 0 Å². The van der Waals surface area contributed by atoms with Gasteiger partial charge in [0.15, 0.2) is 14.1 Å². The Balaban J connectivity index is 1.34. The third-order valence-electron chi connectivity index (χ3n) is 6.53. The number of hydrogen-bond donors (Lipinski definition) is 0. The van der Waals surface area contributed by atoms with Crippen molar-refractivity contribution in [2.24, 2.45) is 0 Å². The maximum Gasteiger partial charge on any atom is 0.183 e. The van der Waals surface area contributed by atoms with Crippen LogP contribution in [0.3, 0.4) is 0 Å². The van der Waals surface area contributed by atoms with Crippen LogP contribution < -0.4 is 4.90 Å². The van der Waals surface area contributed by atoms with Crippen molar-refractivity contribution < 1.29 is 9.22 Å². The topological polar surface area (TPSA) is 36.0 Å². The molecule has 0 N–H and O–H groups in total. The highest BCUT2D eigenvalue weighted by Crippen LogP contribution is 2.48. The maximum absolute atomic E-state index is 12.4. The van der Waals surface area contributed by atoms with Crippen molar-refractivity contribution in [2.45, 2.75) is 49.2 Å². The SMILES string of the molecule is CCC(=O)c1ccc2c(c1)N(CCCN1CCN(CCO[Si](C)(C)C)CC1)c1ccccc1S2. The van der Waals surface area contributed by atoms with Gasteiger partial charge < -0.3 is 14.2 Å². The Hall–Kier alpha value is -1.64. The van der Waals surface area contributed by atoms with Crippen LogP contribution in [0.2, 0.25) is 19.6 Å². The Morgan fingerprint density at radius 2 is 1.59 bits per heavy atom. The van der Waals surface area contributed by atoms with Crippen LogP contribution in [0.1, 0.15) is 30.1 Å². The molecule has 5 nitrogen and oxygen atoms in total. The predicted molar refractivity (Wildman–Crippen MR) is 145 cm³/mol. The summed E-state index contributed by atoms with van der Waals surface area (Å²) in [5.74, 6) is 0.208. The summed E-state index contributed by atoms with van der Waals surface area (Å²) in [5.41, 5.74) is 3.25. The number of benzene rings is 2. The number of rotatable bonds is 10. The molecule has 0 radical (unpaired) electrons. The molecule has 1 fully saturated rings. The minimum Gasteiger partial charge on any atom is -0.416 e. The van der Waals surface area contributed by atoms with Gasteiger partial charge in [0.25, 0.3) is 0 Å². The first-order chi connectivity index (χ1) is 16.3. The summed E-state index contributed by atoms with van der Waals surface area (Å²) in [5, 5.41) is 0. The predicted octanol–water partition coefficient (Wildman–Crippen LogP) is 5.74. The lowest BCUT2D eigenvalue weighted by atomic mass is 10.1. The van der Waals surface area contributed by atoms with Crippen molar-refractivity contribution in [1.29, 1.82) is 0 Å². The van der Waals surface area contributed by atoms with Crippen LogP contribution in [0.4, 0.5) is 11.4 Å². The van der Waals surface area contributed by atoms with Crippen molar-refractivity contribution in [3.8, 4) is 0 Å². The van der Waals surface area contributed by atoms with Crippen LogP contribution in [0.15, 0.2) is 52.3 Å². The van der Waals surface area contributed by atoms with Gasteiger partial charge in [-0.3, -0.25) is 9.69 Å². The molecular formula is C27H39N3O2SSi. The van der Waals surface area contributed by atoms with Crippen LogP contribution in [-0.4, -0.2) is 76.3 Å². The van der Waals surface area contributed by atoms with Gasteiger partial charge in [0.1, 0.15) is 0 Å². The van der Waals surface area contributed by atoms with E-state index in [1.807, 2.05) is 24.8 Å². The van der Waals surface area contributed by atoms with E-state index < -0.39 is 8.32 Å². The van der Waals surface area contributed by atoms with E-state index in [9.17, 15) is 4.79 Å². The minimum atomic E-state index is -1.41. The van der Waals surface area contributed by atoms with Crippen molar-refractivity contribution in [2.75, 3.05) is 57.3 Å². The van der Waals surface area contributed by atoms with E-state index in [1.165, 1.54) is 21.2 Å². The summed E-state index contributed by atoms with van der Waals surface area (Å²) in [6, 6.07) is 14.8. The van der Waals surface area contributed by atoms with Gasteiger partial charge in [-0.2, -0.15) is 0 Å². The maximum atomic E-state index is 12.4. The van der Waals surface area contributed by atoms with Gasteiger partial charge >= 0.3 is 0 Å². The second-order valence-corrected chi connectivity index (χ2v) is 15.8. The molecule has 7 heteroatoms. The van der Waals surface area contributed by atoms with Gasteiger partial charge in [-0.05, 0) is 56.9 Å². The quantitative estimate of drug-likeness (QED) is 0.308. The molecule has 4 rings (SSSR count). The highest BCUT2D eigenvalue weighted by atomic mass is 32.2. The zero-order chi connectivity index (χ0) is 24.1. The van der Waals surface area contributed by atoms with E-state index in [-0.39, 0.29) is 5.78 Å². The summed E-state index contributed by atoms with van der Waals surface area (Å²) < 4.78 is 6.03. The average Bonchev–Trinajstić information content (AvgIpc) is 2.83. The van der Waals surface area contributed by atoms with E-state index in [4.69, 9.17) is 4.43 Å². The number of carbonyl (C=O) groups excluding carboxylic acids is 1. The van der Waals surface area contributed by atoms with Crippen LogP contribution in [0.5, 0.6) is 0 Å². The second-order valence-electron chi connectivity index (χ2n) is 10.2. The monoisotopic (exact) mass is 497 g/mol. The largest absolute Gasteiger partial charge is 0.416 e. The molecule has 0 amide bonds. The lowest BCUT2D eigenvalue weighted by Gasteiger charge is -2.36. The summed E-state index contributed by atoms with van der Waals surface area (Å²) in [6.07, 6.45) is 1.64. The molecule has 0 aliphatic carbocycles. The molecule has 2 aliphatic rings. The second kappa shape index (κ2) is 11.4. The Bertz CT molecular complexity index is 986. The fourth-order valence-electron chi connectivity index (χ4n) is 4.62. The molecule has 2 aromatic rings. The minimum absolute atomic E-state index is 0.208. The number of ketones is 1. The molecule has 0 bridgehead atoms. The van der Waals surface area contributed by atoms with Gasteiger partial charge in [0, 0.05) is 67.7 Å². The van der Waals surface area contributed by atoms with E-state index in [2.05, 4.69) is 70.7 Å². The number of hydrogen-bond acceptors (Lipinski definition) is 6. The molecule has 0 saturated carbocycles. The highest BCUT2D eigenvalue weighted by molar-refractivity contribution is 7.99. The van der Waals surface area contributed by atoms with Crippen LogP contribution in [0, 0.1) is 0 Å². The number of piperazine rings is 1. The fourth-order valence-corrected chi connectivity index (χ4v) is 6.40. The Kier molecular flexibility index (Phi) is 8.53. The van der Waals surface area contributed by atoms with Crippen molar-refractivity contribution in [1.82, 2.24) is 9.80 Å². The van der Waals surface area contributed by atoms with E-state index in [0.29, 0.717) is 6.42 Å². The Morgan fingerprint density at radius 1 is 0.912 bits per heavy atom. The van der Waals surface area contributed by atoms with E-state index >= 15 is 0 Å². The molecular weight excluding hydrogens is 458 g/mol. The lowest BCUT2D eigenvalue weighted by molar-refractivity contribution is 0.0988. The Labute approximate surface area is 210 Å². The zero-order valence-corrected chi connectivity index (χ0v) is 23.0. The molecule has 2 heterocycles. The fraction of sp³-hybridized carbons (Fsp3) is 0.519. The molecule has 0 atom stereocenters. The first-order valence-corrected chi connectivity index (χ1v) is 16.9. The number of para-hydroxylation sites is 1. The summed E-state index contributed by atoms with van der Waals surface area (Å²) in [7, 11) is -1.41. The number of Topliss-reactive ketones (excluding diaryl/α,β-unsaturated/α-hetero) is 1. The normalized spacial score (nSPS) is 16.9. The van der Waals surface area contributed by atoms with Gasteiger partial charge in [-0.15, -0.1) is 0 Å². The van der Waals surface area contributed by atoms with Crippen LogP contribution in [0.25, 0.3) is 0 Å². The molecule has 0 spiro atoms. The van der Waals surface area contributed by atoms with Crippen molar-refractivity contribution >= 4 is 37.2 Å². The summed E-state index contributed by atoms with van der Waals surface area (Å²) in [6.45, 7) is 17.2. The first-order valence-electron chi connectivity index (χ1n) is 12.6. The molecule has 0 aromatic heterocycles. The molecule has 2 aliphatic heterocycles. The third kappa shape index (κ3) is 6.52. The first kappa shape index (κ1) is 25.4. The lowest BCUT2D eigenvalue weighted by Crippen LogP contribution is -2.48. The summed E-state index contributed by atoms with van der Waals surface area (Å²) in [4.78, 5) is 22.5. The number of carbonyl (C=O) groups is 1. The van der Waals surface area contributed by atoms with E-state index in [0.717, 1.165) is 64.4 Å². The third-order valence-corrected chi connectivity index (χ3v) is 8.73. The van der Waals surface area contributed by atoms with Crippen LogP contribution >= 0.6 is 11.8 Å². The van der Waals surface area contributed by atoms with Gasteiger partial charge in [0.05, 0.1) is 11.4 Å². The average molecular weight is 498 g/mol.